The first-order valence-corrected chi connectivity index (χ1v) is 9.80. The van der Waals surface area contributed by atoms with Gasteiger partial charge in [-0.05, 0) is 43.7 Å². The Kier molecular flexibility index (Phi) is 6.72. The number of nitrogens with zero attached hydrogens (tertiary/aromatic N) is 3. The summed E-state index contributed by atoms with van der Waals surface area (Å²) in [6, 6.07) is 12.9. The van der Waals surface area contributed by atoms with Crippen LogP contribution < -0.4 is 4.72 Å². The highest BCUT2D eigenvalue weighted by Crippen LogP contribution is 2.28. The fourth-order valence-corrected chi connectivity index (χ4v) is 3.63. The molecule has 0 amide bonds. The molecule has 28 heavy (non-hydrogen) atoms. The van der Waals surface area contributed by atoms with Crippen molar-refractivity contribution in [3.8, 4) is 6.07 Å². The van der Waals surface area contributed by atoms with Crippen molar-refractivity contribution in [1.29, 1.82) is 10.7 Å². The number of nitriles is 1. The van der Waals surface area contributed by atoms with E-state index in [9.17, 15) is 18.9 Å². The van der Waals surface area contributed by atoms with Crippen molar-refractivity contribution in [2.24, 2.45) is 0 Å². The first-order valence-electron chi connectivity index (χ1n) is 8.32. The van der Waals surface area contributed by atoms with Crippen molar-refractivity contribution >= 4 is 10.0 Å². The number of nitrogens with one attached hydrogen (secondary N) is 1. The maximum Gasteiger partial charge on any atom is 0.462 e. The van der Waals surface area contributed by atoms with E-state index in [1.807, 2.05) is 13.0 Å². The Morgan fingerprint density at radius 2 is 1.96 bits per heavy atom. The first kappa shape index (κ1) is 20.9. The molecule has 2 rings (SSSR count). The fraction of sp³-hybridized carbons (Fsp3) is 0.211. The zero-order valence-corrected chi connectivity index (χ0v) is 16.1. The lowest BCUT2D eigenvalue weighted by Gasteiger charge is -2.14. The minimum absolute atomic E-state index is 0.00673. The third-order valence-electron chi connectivity index (χ3n) is 3.83. The highest BCUT2D eigenvalue weighted by Gasteiger charge is 2.37. The molecule has 0 saturated heterocycles. The molecule has 9 heteroatoms. The molecule has 0 aliphatic rings. The van der Waals surface area contributed by atoms with Gasteiger partial charge in [-0.15, -0.1) is 0 Å². The lowest BCUT2D eigenvalue weighted by molar-refractivity contribution is 0.0968. The molecule has 2 N–H and O–H groups in total. The predicted molar refractivity (Wildman–Crippen MR) is 102 cm³/mol. The zero-order valence-electron chi connectivity index (χ0n) is 15.3. The molecule has 0 aliphatic heterocycles. The molecule has 1 unspecified atom stereocenters. The standard InChI is InChI=1S/C19H18N4O4S/c1-3-27-19(24)18(22-21)17(15-6-4-5-14(11-15)12-20)23-28(25,26)16-9-7-13(2)8-10-16/h4-11,17,23H,3H2,1-2H3/p+1/b19-18-. The van der Waals surface area contributed by atoms with E-state index in [2.05, 4.69) is 9.70 Å². The lowest BCUT2D eigenvalue weighted by atomic mass is 10.0. The van der Waals surface area contributed by atoms with Gasteiger partial charge in [0.05, 0.1) is 23.1 Å². The van der Waals surface area contributed by atoms with Gasteiger partial charge in [-0.2, -0.15) is 9.98 Å². The molecule has 144 valence electrons. The second-order valence-electron chi connectivity index (χ2n) is 5.83. The molecule has 0 aliphatic carbocycles. The number of benzene rings is 2. The Labute approximate surface area is 163 Å². The summed E-state index contributed by atoms with van der Waals surface area (Å²) >= 11 is 0. The van der Waals surface area contributed by atoms with Crippen LogP contribution in [0, 0.1) is 23.6 Å². The Hall–Kier alpha value is -3.40. The topological polar surface area (TPSA) is 128 Å². The monoisotopic (exact) mass is 399 g/mol. The molecule has 1 atom stereocenters. The third kappa shape index (κ3) is 4.86. The number of ether oxygens (including phenoxy) is 1. The normalized spacial score (nSPS) is 13.0. The second-order valence-corrected chi connectivity index (χ2v) is 7.54. The van der Waals surface area contributed by atoms with Crippen molar-refractivity contribution in [1.82, 2.24) is 4.72 Å². The molecule has 0 heterocycles. The number of sulfonamides is 1. The van der Waals surface area contributed by atoms with Gasteiger partial charge in [0, 0.05) is 0 Å². The highest BCUT2D eigenvalue weighted by molar-refractivity contribution is 7.89. The average molecular weight is 399 g/mol. The predicted octanol–water partition coefficient (Wildman–Crippen LogP) is 3.50. The van der Waals surface area contributed by atoms with Gasteiger partial charge in [0.1, 0.15) is 0 Å². The van der Waals surface area contributed by atoms with Crippen molar-refractivity contribution in [2.75, 3.05) is 6.61 Å². The van der Waals surface area contributed by atoms with Crippen LogP contribution in [0.2, 0.25) is 0 Å². The maximum absolute atomic E-state index is 12.8. The van der Waals surface area contributed by atoms with Crippen LogP contribution in [0.25, 0.3) is 4.98 Å². The number of rotatable bonds is 7. The van der Waals surface area contributed by atoms with Gasteiger partial charge in [-0.25, -0.2) is 8.42 Å². The van der Waals surface area contributed by atoms with Crippen LogP contribution in [0.4, 0.5) is 0 Å². The molecular formula is C19H19N4O4S+. The minimum atomic E-state index is -4.05. The number of hydrogen-bond acceptors (Lipinski definition) is 6. The number of aliphatic hydroxyl groups excluding tert-OH is 1. The summed E-state index contributed by atoms with van der Waals surface area (Å²) in [5.74, 6) is -0.732. The van der Waals surface area contributed by atoms with Crippen LogP contribution in [0.5, 0.6) is 0 Å². The average Bonchev–Trinajstić information content (AvgIpc) is 2.68. The summed E-state index contributed by atoms with van der Waals surface area (Å²) in [5, 5.41) is 28.6. The van der Waals surface area contributed by atoms with Gasteiger partial charge in [-0.1, -0.05) is 29.8 Å². The third-order valence-corrected chi connectivity index (χ3v) is 5.27. The van der Waals surface area contributed by atoms with E-state index in [-0.39, 0.29) is 22.6 Å². The van der Waals surface area contributed by atoms with Gasteiger partial charge in [0.2, 0.25) is 15.4 Å². The van der Waals surface area contributed by atoms with Crippen molar-refractivity contribution in [3.05, 3.63) is 81.8 Å². The SMILES string of the molecule is CCO/C(O)=C(\[N+]#N)C(NS(=O)(=O)c1ccc(C)cc1)c1cccc(C#N)c1. The Morgan fingerprint density at radius 1 is 1.29 bits per heavy atom. The molecule has 0 spiro atoms. The quantitative estimate of drug-likeness (QED) is 0.542. The van der Waals surface area contributed by atoms with E-state index < -0.39 is 27.7 Å². The zero-order chi connectivity index (χ0) is 20.7. The van der Waals surface area contributed by atoms with Crippen molar-refractivity contribution in [2.45, 2.75) is 24.8 Å². The second kappa shape index (κ2) is 9.00. The fourth-order valence-electron chi connectivity index (χ4n) is 2.44. The Balaban J connectivity index is 2.58. The molecule has 2 aromatic carbocycles. The van der Waals surface area contributed by atoms with E-state index in [1.54, 1.807) is 25.1 Å². The Bertz CT molecular complexity index is 1060. The minimum Gasteiger partial charge on any atom is -0.475 e. The number of diazo groups is 1. The number of aliphatic hydroxyl groups is 1. The summed E-state index contributed by atoms with van der Waals surface area (Å²) in [5.41, 5.74) is 1.00. The number of aryl methyl sites for hydroxylation is 1. The molecule has 0 aromatic heterocycles. The molecular weight excluding hydrogens is 380 g/mol. The number of hydrogen-bond donors (Lipinski definition) is 2. The van der Waals surface area contributed by atoms with E-state index in [1.165, 1.54) is 30.3 Å². The maximum atomic E-state index is 12.8. The molecule has 0 bridgehead atoms. The van der Waals surface area contributed by atoms with Crippen LogP contribution in [0.3, 0.4) is 0 Å². The van der Waals surface area contributed by atoms with Crippen LogP contribution in [-0.2, 0) is 14.8 Å². The summed E-state index contributed by atoms with van der Waals surface area (Å²) in [4.78, 5) is 3.02. The van der Waals surface area contributed by atoms with Gasteiger partial charge < -0.3 is 9.84 Å². The molecule has 0 saturated carbocycles. The molecule has 0 radical (unpaired) electrons. The summed E-state index contributed by atoms with van der Waals surface area (Å²) in [6.45, 7) is 3.50. The van der Waals surface area contributed by atoms with E-state index in [0.717, 1.165) is 5.56 Å². The van der Waals surface area contributed by atoms with E-state index in [4.69, 9.17) is 10.00 Å². The van der Waals surface area contributed by atoms with Gasteiger partial charge in [-0.3, -0.25) is 0 Å². The molecule has 0 fully saturated rings. The first-order chi connectivity index (χ1) is 13.3. The van der Waals surface area contributed by atoms with Crippen LogP contribution >= 0.6 is 0 Å². The smallest absolute Gasteiger partial charge is 0.462 e. The van der Waals surface area contributed by atoms with Crippen LogP contribution in [0.1, 0.15) is 29.7 Å². The van der Waals surface area contributed by atoms with E-state index in [0.29, 0.717) is 0 Å². The molecule has 2 aromatic rings. The largest absolute Gasteiger partial charge is 0.475 e. The van der Waals surface area contributed by atoms with Gasteiger partial charge >= 0.3 is 11.6 Å². The summed E-state index contributed by atoms with van der Waals surface area (Å²) < 4.78 is 33.0. The summed E-state index contributed by atoms with van der Waals surface area (Å²) in [7, 11) is -4.05. The highest BCUT2D eigenvalue weighted by atomic mass is 32.2. The van der Waals surface area contributed by atoms with Crippen molar-refractivity contribution < 1.29 is 18.3 Å². The molecule has 8 nitrogen and oxygen atoms in total. The lowest BCUT2D eigenvalue weighted by Crippen LogP contribution is -2.30. The van der Waals surface area contributed by atoms with Crippen LogP contribution in [0.15, 0.2) is 65.1 Å². The van der Waals surface area contributed by atoms with E-state index >= 15 is 0 Å². The van der Waals surface area contributed by atoms with Crippen LogP contribution in [-0.4, -0.2) is 20.1 Å². The van der Waals surface area contributed by atoms with Crippen molar-refractivity contribution in [3.63, 3.8) is 0 Å². The summed E-state index contributed by atoms with van der Waals surface area (Å²) in [6.07, 6.45) is 0. The Morgan fingerprint density at radius 3 is 2.54 bits per heavy atom. The van der Waals surface area contributed by atoms with Gasteiger partial charge in [0.15, 0.2) is 11.0 Å². The van der Waals surface area contributed by atoms with Gasteiger partial charge in [0.25, 0.3) is 0 Å².